The average molecular weight is 562 g/mol. The minimum absolute atomic E-state index is 0.0702. The Hall–Kier alpha value is -2.12. The Morgan fingerprint density at radius 2 is 1.79 bits per heavy atom. The third-order valence-corrected chi connectivity index (χ3v) is 8.61. The van der Waals surface area contributed by atoms with E-state index in [9.17, 15) is 14.7 Å². The number of nitrogens with zero attached hydrogens (tertiary/aromatic N) is 1. The van der Waals surface area contributed by atoms with Gasteiger partial charge in [-0.25, -0.2) is 0 Å². The molecule has 206 valence electrons. The zero-order valence-electron chi connectivity index (χ0n) is 22.5. The molecule has 2 N–H and O–H groups in total. The van der Waals surface area contributed by atoms with Crippen molar-refractivity contribution in [2.75, 3.05) is 13.1 Å². The summed E-state index contributed by atoms with van der Waals surface area (Å²) in [5.74, 6) is -1.16. The van der Waals surface area contributed by atoms with Crippen LogP contribution in [-0.2, 0) is 14.3 Å². The lowest BCUT2D eigenvalue weighted by Crippen LogP contribution is -2.56. The van der Waals surface area contributed by atoms with Crippen molar-refractivity contribution in [2.24, 2.45) is 11.3 Å². The molecule has 7 atom stereocenters. The van der Waals surface area contributed by atoms with Gasteiger partial charge in [-0.3, -0.25) is 14.5 Å². The summed E-state index contributed by atoms with van der Waals surface area (Å²) in [6.45, 7) is 9.77. The fourth-order valence-corrected chi connectivity index (χ4v) is 6.70. The Labute approximate surface area is 235 Å². The number of carboxylic acids is 1. The monoisotopic (exact) mass is 560 g/mol. The third kappa shape index (κ3) is 6.71. The fraction of sp³-hybridized carbons (Fsp3) is 0.533. The lowest BCUT2D eigenvalue weighted by atomic mass is 9.67. The van der Waals surface area contributed by atoms with E-state index in [2.05, 4.69) is 43.1 Å². The fourth-order valence-electron chi connectivity index (χ4n) is 6.37. The Morgan fingerprint density at radius 3 is 2.39 bits per heavy atom. The van der Waals surface area contributed by atoms with Gasteiger partial charge < -0.3 is 15.2 Å². The third-order valence-electron chi connectivity index (χ3n) is 8.12. The summed E-state index contributed by atoms with van der Waals surface area (Å²) in [4.78, 5) is 27.5. The van der Waals surface area contributed by atoms with E-state index in [0.717, 1.165) is 25.1 Å². The zero-order chi connectivity index (χ0) is 27.6. The maximum absolute atomic E-state index is 13.3. The molecule has 0 saturated carbocycles. The summed E-state index contributed by atoms with van der Waals surface area (Å²) in [5, 5.41) is 14.1. The first-order chi connectivity index (χ1) is 17.9. The van der Waals surface area contributed by atoms with Crippen LogP contribution in [0.15, 0.2) is 48.5 Å². The maximum Gasteiger partial charge on any atom is 0.304 e. The van der Waals surface area contributed by atoms with Crippen molar-refractivity contribution in [3.63, 3.8) is 0 Å². The van der Waals surface area contributed by atoms with E-state index in [4.69, 9.17) is 27.9 Å². The van der Waals surface area contributed by atoms with Gasteiger partial charge in [-0.1, -0.05) is 61.3 Å². The van der Waals surface area contributed by atoms with Crippen LogP contribution in [0.2, 0.25) is 10.0 Å². The van der Waals surface area contributed by atoms with Crippen LogP contribution >= 0.6 is 23.2 Å². The molecule has 2 aromatic carbocycles. The van der Waals surface area contributed by atoms with Crippen LogP contribution < -0.4 is 5.32 Å². The summed E-state index contributed by atoms with van der Waals surface area (Å²) >= 11 is 12.6. The van der Waals surface area contributed by atoms with Crippen molar-refractivity contribution >= 4 is 35.1 Å². The molecular weight excluding hydrogens is 523 g/mol. The number of carbonyl (C=O) groups is 2. The van der Waals surface area contributed by atoms with E-state index in [-0.39, 0.29) is 48.5 Å². The molecule has 38 heavy (non-hydrogen) atoms. The molecule has 0 aliphatic carbocycles. The predicted molar refractivity (Wildman–Crippen MR) is 151 cm³/mol. The van der Waals surface area contributed by atoms with Crippen LogP contribution in [0.4, 0.5) is 0 Å². The highest BCUT2D eigenvalue weighted by atomic mass is 35.5. The molecule has 2 fully saturated rings. The molecule has 0 radical (unpaired) electrons. The molecule has 2 aliphatic rings. The van der Waals surface area contributed by atoms with E-state index in [1.165, 1.54) is 5.56 Å². The van der Waals surface area contributed by atoms with Gasteiger partial charge in [-0.15, -0.1) is 0 Å². The SMILES string of the molecule is CC1CN(C(C[C@H](C)[C@@H]2NC(=O)[C@](C)(CC(=O)O)C[C@@H]2c2cccc(Cl)c2)c2ccc(Cl)cc2)CC(C)O1. The smallest absolute Gasteiger partial charge is 0.304 e. The number of hydrogen-bond acceptors (Lipinski definition) is 4. The summed E-state index contributed by atoms with van der Waals surface area (Å²) in [7, 11) is 0. The summed E-state index contributed by atoms with van der Waals surface area (Å²) in [6.07, 6.45) is 1.27. The van der Waals surface area contributed by atoms with Crippen LogP contribution in [0.1, 0.15) is 70.0 Å². The maximum atomic E-state index is 13.3. The number of morpholine rings is 1. The topological polar surface area (TPSA) is 78.9 Å². The lowest BCUT2D eigenvalue weighted by molar-refractivity contribution is -0.147. The summed E-state index contributed by atoms with van der Waals surface area (Å²) in [6, 6.07) is 15.7. The van der Waals surface area contributed by atoms with Gasteiger partial charge in [0, 0.05) is 41.1 Å². The molecule has 0 bridgehead atoms. The van der Waals surface area contributed by atoms with E-state index in [1.54, 1.807) is 6.92 Å². The number of nitrogens with one attached hydrogen (secondary N) is 1. The van der Waals surface area contributed by atoms with Crippen LogP contribution in [0.3, 0.4) is 0 Å². The van der Waals surface area contributed by atoms with Crippen molar-refractivity contribution in [2.45, 2.75) is 77.2 Å². The van der Waals surface area contributed by atoms with Gasteiger partial charge in [-0.2, -0.15) is 0 Å². The molecule has 8 heteroatoms. The zero-order valence-corrected chi connectivity index (χ0v) is 24.0. The largest absolute Gasteiger partial charge is 0.481 e. The quantitative estimate of drug-likeness (QED) is 0.394. The molecule has 0 spiro atoms. The molecule has 2 saturated heterocycles. The second kappa shape index (κ2) is 12.0. The van der Waals surface area contributed by atoms with Crippen LogP contribution in [-0.4, -0.2) is 53.2 Å². The second-order valence-electron chi connectivity index (χ2n) is 11.5. The number of rotatable bonds is 8. The number of hydrogen-bond donors (Lipinski definition) is 2. The molecule has 2 aromatic rings. The van der Waals surface area contributed by atoms with Gasteiger partial charge in [0.2, 0.25) is 5.91 Å². The molecule has 3 unspecified atom stereocenters. The number of ether oxygens (including phenoxy) is 1. The van der Waals surface area contributed by atoms with Gasteiger partial charge >= 0.3 is 5.97 Å². The normalized spacial score (nSPS) is 29.9. The number of piperidine rings is 1. The van der Waals surface area contributed by atoms with Gasteiger partial charge in [-0.05, 0) is 68.0 Å². The Bertz CT molecular complexity index is 1130. The highest BCUT2D eigenvalue weighted by molar-refractivity contribution is 6.30. The van der Waals surface area contributed by atoms with Crippen LogP contribution in [0.25, 0.3) is 0 Å². The van der Waals surface area contributed by atoms with E-state index in [1.807, 2.05) is 36.4 Å². The molecule has 0 aromatic heterocycles. The summed E-state index contributed by atoms with van der Waals surface area (Å²) < 4.78 is 6.02. The number of halogens is 2. The minimum Gasteiger partial charge on any atom is -0.481 e. The average Bonchev–Trinajstić information content (AvgIpc) is 2.83. The molecular formula is C30H38Cl2N2O4. The second-order valence-corrected chi connectivity index (χ2v) is 12.4. The highest BCUT2D eigenvalue weighted by Gasteiger charge is 2.47. The number of carbonyl (C=O) groups excluding carboxylic acids is 1. The highest BCUT2D eigenvalue weighted by Crippen LogP contribution is 2.45. The number of aliphatic carboxylic acids is 1. The number of benzene rings is 2. The molecule has 2 aliphatic heterocycles. The first-order valence-electron chi connectivity index (χ1n) is 13.4. The van der Waals surface area contributed by atoms with E-state index in [0.29, 0.717) is 16.5 Å². The van der Waals surface area contributed by atoms with Crippen LogP contribution in [0, 0.1) is 11.3 Å². The Morgan fingerprint density at radius 1 is 1.13 bits per heavy atom. The first kappa shape index (κ1) is 28.9. The molecule has 2 heterocycles. The van der Waals surface area contributed by atoms with Gasteiger partial charge in [0.05, 0.1) is 24.0 Å². The Kier molecular flexibility index (Phi) is 9.08. The van der Waals surface area contributed by atoms with Gasteiger partial charge in [0.15, 0.2) is 0 Å². The first-order valence-corrected chi connectivity index (χ1v) is 14.1. The lowest BCUT2D eigenvalue weighted by Gasteiger charge is -2.46. The number of amides is 1. The standard InChI is InChI=1S/C30H38Cl2N2O4/c1-18(12-26(21-8-10-23(31)11-9-21)34-16-19(2)38-20(3)17-34)28-25(22-6-5-7-24(32)13-22)14-30(4,15-27(35)36)29(37)33-28/h5-11,13,18-20,25-26,28H,12,14-17H2,1-4H3,(H,33,37)(H,35,36)/t18-,19?,20?,25+,26?,28-,30-/m0/s1. The molecule has 1 amide bonds. The predicted octanol–water partition coefficient (Wildman–Crippen LogP) is 6.32. The molecule has 4 rings (SSSR count). The van der Waals surface area contributed by atoms with Crippen molar-refractivity contribution in [3.8, 4) is 0 Å². The van der Waals surface area contributed by atoms with Crippen molar-refractivity contribution < 1.29 is 19.4 Å². The van der Waals surface area contributed by atoms with E-state index < -0.39 is 11.4 Å². The Balaban J connectivity index is 1.66. The minimum atomic E-state index is -1.00. The summed E-state index contributed by atoms with van der Waals surface area (Å²) in [5.41, 5.74) is 1.20. The van der Waals surface area contributed by atoms with Gasteiger partial charge in [0.1, 0.15) is 0 Å². The molecule has 6 nitrogen and oxygen atoms in total. The number of carboxylic acid groups (broad SMARTS) is 1. The van der Waals surface area contributed by atoms with E-state index >= 15 is 0 Å². The van der Waals surface area contributed by atoms with Crippen LogP contribution in [0.5, 0.6) is 0 Å². The van der Waals surface area contributed by atoms with Crippen molar-refractivity contribution in [3.05, 3.63) is 69.7 Å². The van der Waals surface area contributed by atoms with Gasteiger partial charge in [0.25, 0.3) is 0 Å². The van der Waals surface area contributed by atoms with Crippen molar-refractivity contribution in [1.82, 2.24) is 10.2 Å². The van der Waals surface area contributed by atoms with Crippen molar-refractivity contribution in [1.29, 1.82) is 0 Å².